The normalized spacial score (nSPS) is 15.3. The second-order valence-electron chi connectivity index (χ2n) is 11.3. The molecule has 42 heavy (non-hydrogen) atoms. The highest BCUT2D eigenvalue weighted by molar-refractivity contribution is 7.40. The second-order valence-corrected chi connectivity index (χ2v) is 12.8. The number of imide groups is 1. The highest BCUT2D eigenvalue weighted by Gasteiger charge is 2.49. The monoisotopic (exact) mass is 598 g/mol. The van der Waals surface area contributed by atoms with Crippen molar-refractivity contribution >= 4 is 31.7 Å². The molecular formula is C31H41N3O7P+. The standard InChI is InChI=1S/C31H40N3O7P/c1-19(2)15-23(28(35)33-24(16-20(3)4)29(36)32-5)26(42(39)40-6)17-34-30(37)22-13-10-14-25(27(22)31(34)38)41-18-21-11-8-7-9-12-21/h7-14,19-20,23-24,26H,15-18H2,1-6H3,(H-,32,33,35,36)/p+1/t23?,24-,26?/m0/s1. The lowest BCUT2D eigenvalue weighted by atomic mass is 9.91. The molecule has 0 bridgehead atoms. The third kappa shape index (κ3) is 8.01. The highest BCUT2D eigenvalue weighted by Crippen LogP contribution is 2.40. The summed E-state index contributed by atoms with van der Waals surface area (Å²) in [6.45, 7) is 7.63. The SMILES string of the molecule is CNC(=O)[C@H](CC(C)C)NC(=O)C(CC(C)C)C(CN1C(=O)c2cccc(OCc3ccccc3)c2C1=O)[P+](=O)OC. The zero-order valence-electron chi connectivity index (χ0n) is 25.1. The van der Waals surface area contributed by atoms with Gasteiger partial charge in [0.05, 0.1) is 30.7 Å². The van der Waals surface area contributed by atoms with Gasteiger partial charge in [0.2, 0.25) is 17.5 Å². The van der Waals surface area contributed by atoms with Gasteiger partial charge < -0.3 is 15.4 Å². The van der Waals surface area contributed by atoms with Crippen molar-refractivity contribution in [2.45, 2.75) is 58.8 Å². The summed E-state index contributed by atoms with van der Waals surface area (Å²) in [5, 5.41) is 5.41. The van der Waals surface area contributed by atoms with Crippen LogP contribution in [0, 0.1) is 17.8 Å². The van der Waals surface area contributed by atoms with Gasteiger partial charge in [-0.2, -0.15) is 0 Å². The van der Waals surface area contributed by atoms with Crippen LogP contribution in [0.25, 0.3) is 0 Å². The molecule has 1 aliphatic heterocycles. The fourth-order valence-electron chi connectivity index (χ4n) is 5.09. The molecule has 0 aromatic heterocycles. The number of hydrogen-bond donors (Lipinski definition) is 2. The molecule has 226 valence electrons. The van der Waals surface area contributed by atoms with Gasteiger partial charge in [0.1, 0.15) is 18.4 Å². The number of nitrogens with zero attached hydrogens (tertiary/aromatic N) is 1. The van der Waals surface area contributed by atoms with Gasteiger partial charge in [-0.05, 0) is 46.9 Å². The Kier molecular flexibility index (Phi) is 11.8. The molecule has 1 aliphatic rings. The van der Waals surface area contributed by atoms with Gasteiger partial charge in [-0.15, -0.1) is 4.52 Å². The second kappa shape index (κ2) is 15.0. The Balaban J connectivity index is 1.90. The van der Waals surface area contributed by atoms with E-state index >= 15 is 0 Å². The van der Waals surface area contributed by atoms with Gasteiger partial charge in [-0.1, -0.05) is 64.1 Å². The topological polar surface area (TPSA) is 131 Å². The van der Waals surface area contributed by atoms with E-state index in [1.807, 2.05) is 58.0 Å². The molecule has 4 atom stereocenters. The van der Waals surface area contributed by atoms with E-state index in [2.05, 4.69) is 10.6 Å². The maximum absolute atomic E-state index is 13.7. The number of fused-ring (bicyclic) bond motifs is 1. The first-order chi connectivity index (χ1) is 20.0. The molecule has 4 amide bonds. The van der Waals surface area contributed by atoms with Gasteiger partial charge in [-0.25, -0.2) is 0 Å². The summed E-state index contributed by atoms with van der Waals surface area (Å²) >= 11 is 0. The third-order valence-corrected chi connectivity index (χ3v) is 8.56. The fraction of sp³-hybridized carbons (Fsp3) is 0.484. The van der Waals surface area contributed by atoms with Crippen LogP contribution in [0.5, 0.6) is 5.75 Å². The number of rotatable bonds is 15. The average Bonchev–Trinajstić information content (AvgIpc) is 3.21. The first-order valence-electron chi connectivity index (χ1n) is 14.2. The lowest BCUT2D eigenvalue weighted by Gasteiger charge is -2.26. The van der Waals surface area contributed by atoms with Gasteiger partial charge in [-0.3, -0.25) is 24.1 Å². The predicted octanol–water partition coefficient (Wildman–Crippen LogP) is 4.56. The summed E-state index contributed by atoms with van der Waals surface area (Å²) in [6, 6.07) is 13.5. The van der Waals surface area contributed by atoms with Crippen LogP contribution in [0.4, 0.5) is 0 Å². The summed E-state index contributed by atoms with van der Waals surface area (Å²) in [5.74, 6) is -2.46. The van der Waals surface area contributed by atoms with Gasteiger partial charge in [0.15, 0.2) is 0 Å². The first kappa shape index (κ1) is 32.9. The van der Waals surface area contributed by atoms with Crippen LogP contribution < -0.4 is 15.4 Å². The summed E-state index contributed by atoms with van der Waals surface area (Å²) < 4.78 is 24.4. The Bertz CT molecular complexity index is 1300. The quantitative estimate of drug-likeness (QED) is 0.227. The average molecular weight is 599 g/mol. The van der Waals surface area contributed by atoms with E-state index in [1.165, 1.54) is 14.2 Å². The largest absolute Gasteiger partial charge is 0.513 e. The number of carbonyl (C=O) groups excluding carboxylic acids is 4. The van der Waals surface area contributed by atoms with Crippen LogP contribution in [-0.4, -0.2) is 60.9 Å². The third-order valence-electron chi connectivity index (χ3n) is 7.13. The minimum absolute atomic E-state index is 0.00669. The number of hydrogen-bond acceptors (Lipinski definition) is 7. The van der Waals surface area contributed by atoms with E-state index in [4.69, 9.17) is 9.26 Å². The maximum atomic E-state index is 13.7. The number of ether oxygens (including phenoxy) is 1. The molecule has 0 radical (unpaired) electrons. The molecule has 0 spiro atoms. The molecule has 2 aromatic rings. The Morgan fingerprint density at radius 1 is 0.905 bits per heavy atom. The van der Waals surface area contributed by atoms with Crippen molar-refractivity contribution in [3.05, 3.63) is 65.2 Å². The lowest BCUT2D eigenvalue weighted by molar-refractivity contribution is -0.131. The van der Waals surface area contributed by atoms with E-state index in [0.717, 1.165) is 10.5 Å². The summed E-state index contributed by atoms with van der Waals surface area (Å²) in [6.07, 6.45) is 0.711. The Labute approximate surface area is 248 Å². The number of amides is 4. The van der Waals surface area contributed by atoms with Crippen LogP contribution in [0.2, 0.25) is 0 Å². The predicted molar refractivity (Wildman–Crippen MR) is 159 cm³/mol. The number of benzene rings is 2. The molecule has 2 aromatic carbocycles. The Hall–Kier alpha value is -3.62. The van der Waals surface area contributed by atoms with Gasteiger partial charge in [0.25, 0.3) is 11.8 Å². The molecule has 1 heterocycles. The zero-order chi connectivity index (χ0) is 31.0. The minimum Gasteiger partial charge on any atom is -0.488 e. The zero-order valence-corrected chi connectivity index (χ0v) is 26.0. The first-order valence-corrected chi connectivity index (χ1v) is 15.4. The summed E-state index contributed by atoms with van der Waals surface area (Å²) in [7, 11) is 0.294. The summed E-state index contributed by atoms with van der Waals surface area (Å²) in [5.41, 5.74) is 0.202. The molecule has 0 aliphatic carbocycles. The number of nitrogens with one attached hydrogen (secondary N) is 2. The fourth-order valence-corrected chi connectivity index (χ4v) is 6.21. The molecule has 2 N–H and O–H groups in total. The Morgan fingerprint density at radius 2 is 1.57 bits per heavy atom. The molecule has 3 rings (SSSR count). The van der Waals surface area contributed by atoms with E-state index in [0.29, 0.717) is 12.8 Å². The minimum atomic E-state index is -2.47. The van der Waals surface area contributed by atoms with Crippen molar-refractivity contribution in [1.82, 2.24) is 15.5 Å². The smallest absolute Gasteiger partial charge is 0.488 e. The van der Waals surface area contributed by atoms with E-state index in [9.17, 15) is 23.7 Å². The van der Waals surface area contributed by atoms with Crippen LogP contribution >= 0.6 is 8.03 Å². The van der Waals surface area contributed by atoms with Crippen LogP contribution in [0.3, 0.4) is 0 Å². The number of carbonyl (C=O) groups is 4. The molecule has 11 heteroatoms. The number of likely N-dealkylation sites (N-methyl/N-ethyl adjacent to an activating group) is 1. The van der Waals surface area contributed by atoms with Crippen LogP contribution in [0.1, 0.15) is 66.8 Å². The molecule has 0 saturated carbocycles. The van der Waals surface area contributed by atoms with Crippen molar-refractivity contribution in [1.29, 1.82) is 0 Å². The molecule has 3 unspecified atom stereocenters. The molecule has 0 fully saturated rings. The van der Waals surface area contributed by atoms with Gasteiger partial charge in [0, 0.05) is 7.05 Å². The van der Waals surface area contributed by atoms with E-state index < -0.39 is 43.4 Å². The van der Waals surface area contributed by atoms with Crippen molar-refractivity contribution < 1.29 is 33.0 Å². The van der Waals surface area contributed by atoms with Crippen molar-refractivity contribution in [3.8, 4) is 5.75 Å². The van der Waals surface area contributed by atoms with E-state index in [-0.39, 0.29) is 47.8 Å². The lowest BCUT2D eigenvalue weighted by Crippen LogP contribution is -2.51. The highest BCUT2D eigenvalue weighted by atomic mass is 31.1. The van der Waals surface area contributed by atoms with Crippen LogP contribution in [0.15, 0.2) is 48.5 Å². The van der Waals surface area contributed by atoms with Crippen molar-refractivity contribution in [2.75, 3.05) is 20.7 Å². The molecular weight excluding hydrogens is 557 g/mol. The maximum Gasteiger partial charge on any atom is 0.513 e. The van der Waals surface area contributed by atoms with Gasteiger partial charge >= 0.3 is 8.03 Å². The van der Waals surface area contributed by atoms with Crippen molar-refractivity contribution in [2.24, 2.45) is 17.8 Å². The van der Waals surface area contributed by atoms with Crippen LogP contribution in [-0.2, 0) is 25.3 Å². The summed E-state index contributed by atoms with van der Waals surface area (Å²) in [4.78, 5) is 54.4. The van der Waals surface area contributed by atoms with Crippen molar-refractivity contribution in [3.63, 3.8) is 0 Å². The Morgan fingerprint density at radius 3 is 2.17 bits per heavy atom. The molecule has 10 nitrogen and oxygen atoms in total. The van der Waals surface area contributed by atoms with E-state index in [1.54, 1.807) is 18.2 Å². The molecule has 0 saturated heterocycles.